The molecule has 1 saturated carbocycles. The summed E-state index contributed by atoms with van der Waals surface area (Å²) >= 11 is 0. The molecule has 4 atom stereocenters. The van der Waals surface area contributed by atoms with Gasteiger partial charge in [0.1, 0.15) is 11.5 Å². The zero-order chi connectivity index (χ0) is 33.5. The van der Waals surface area contributed by atoms with Gasteiger partial charge in [-0.15, -0.1) is 0 Å². The van der Waals surface area contributed by atoms with E-state index in [4.69, 9.17) is 5.73 Å². The second-order valence-corrected chi connectivity index (χ2v) is 12.3. The summed E-state index contributed by atoms with van der Waals surface area (Å²) in [5.41, 5.74) is 3.80. The molecule has 244 valence electrons. The number of aliphatic hydroxyl groups excluding tert-OH is 2. The number of fused-ring (bicyclic) bond motifs is 2. The van der Waals surface area contributed by atoms with Gasteiger partial charge in [-0.2, -0.15) is 0 Å². The Hall–Kier alpha value is -3.94. The van der Waals surface area contributed by atoms with Crippen molar-refractivity contribution in [2.24, 2.45) is 17.6 Å². The highest BCUT2D eigenvalue weighted by Gasteiger charge is 2.60. The largest absolute Gasteiger partial charge is 0.507 e. The SMILES string of the molecule is CN(C)c1cc(CCCc2cc(F)c(F)c(F)c2)c(O)c2c1C[C@H]1C[C@@H](C(CO)N(C)C)[C@@](O)(C(=O)CC(N)=O)C(=O)C1=C2O. The second-order valence-electron chi connectivity index (χ2n) is 12.3. The maximum absolute atomic E-state index is 14.1. The predicted molar refractivity (Wildman–Crippen MR) is 159 cm³/mol. The van der Waals surface area contributed by atoms with Crippen LogP contribution in [-0.4, -0.2) is 89.2 Å². The van der Waals surface area contributed by atoms with Gasteiger partial charge in [0, 0.05) is 37.3 Å². The molecule has 6 N–H and O–H groups in total. The van der Waals surface area contributed by atoms with Crippen molar-refractivity contribution < 1.29 is 48.0 Å². The van der Waals surface area contributed by atoms with Gasteiger partial charge < -0.3 is 36.0 Å². The molecule has 1 unspecified atom stereocenters. The van der Waals surface area contributed by atoms with Crippen molar-refractivity contribution >= 4 is 28.9 Å². The molecule has 2 aromatic carbocycles. The summed E-state index contributed by atoms with van der Waals surface area (Å²) in [6.07, 6.45) is -0.234. The van der Waals surface area contributed by atoms with Crippen LogP contribution in [0.4, 0.5) is 18.9 Å². The fourth-order valence-electron chi connectivity index (χ4n) is 6.77. The first-order chi connectivity index (χ1) is 21.0. The molecule has 0 bridgehead atoms. The fraction of sp³-hybridized carbons (Fsp3) is 0.469. The molecule has 0 aromatic heterocycles. The highest BCUT2D eigenvalue weighted by Crippen LogP contribution is 2.51. The molecule has 0 radical (unpaired) electrons. The van der Waals surface area contributed by atoms with Crippen molar-refractivity contribution in [1.29, 1.82) is 0 Å². The third-order valence-electron chi connectivity index (χ3n) is 8.99. The van der Waals surface area contributed by atoms with Crippen molar-refractivity contribution in [3.63, 3.8) is 0 Å². The van der Waals surface area contributed by atoms with Crippen LogP contribution in [0.3, 0.4) is 0 Å². The molecule has 0 saturated heterocycles. The number of phenolic OH excluding ortho intramolecular Hbond substituents is 1. The van der Waals surface area contributed by atoms with E-state index in [1.807, 2.05) is 0 Å². The molecular formula is C32H38F3N3O7. The number of nitrogens with two attached hydrogens (primary N) is 1. The number of aliphatic hydroxyl groups is 3. The van der Waals surface area contributed by atoms with Crippen LogP contribution < -0.4 is 10.6 Å². The van der Waals surface area contributed by atoms with E-state index in [1.54, 1.807) is 44.1 Å². The lowest BCUT2D eigenvalue weighted by Gasteiger charge is -2.47. The number of likely N-dealkylation sites (N-methyl/N-ethyl adjacent to an activating group) is 1. The molecule has 10 nitrogen and oxygen atoms in total. The quantitative estimate of drug-likeness (QED) is 0.184. The molecule has 45 heavy (non-hydrogen) atoms. The third kappa shape index (κ3) is 6.03. The Balaban J connectivity index is 1.80. The van der Waals surface area contributed by atoms with Crippen molar-refractivity contribution in [3.05, 3.63) is 63.5 Å². The Labute approximate surface area is 258 Å². The van der Waals surface area contributed by atoms with Gasteiger partial charge in [-0.1, -0.05) is 0 Å². The summed E-state index contributed by atoms with van der Waals surface area (Å²) in [7, 11) is 6.72. The number of primary amides is 1. The highest BCUT2D eigenvalue weighted by molar-refractivity contribution is 6.23. The molecule has 4 rings (SSSR count). The van der Waals surface area contributed by atoms with E-state index in [2.05, 4.69) is 0 Å². The van der Waals surface area contributed by atoms with Crippen LogP contribution in [0.5, 0.6) is 5.75 Å². The Morgan fingerprint density at radius 3 is 2.22 bits per heavy atom. The van der Waals surface area contributed by atoms with Crippen molar-refractivity contribution in [1.82, 2.24) is 4.90 Å². The zero-order valence-electron chi connectivity index (χ0n) is 25.5. The number of ketones is 2. The highest BCUT2D eigenvalue weighted by atomic mass is 19.2. The van der Waals surface area contributed by atoms with Crippen molar-refractivity contribution in [3.8, 4) is 5.75 Å². The van der Waals surface area contributed by atoms with Crippen LogP contribution in [0.2, 0.25) is 0 Å². The van der Waals surface area contributed by atoms with E-state index >= 15 is 0 Å². The smallest absolute Gasteiger partial charge is 0.225 e. The summed E-state index contributed by atoms with van der Waals surface area (Å²) in [4.78, 5) is 42.3. The number of aryl methyl sites for hydroxylation is 2. The minimum Gasteiger partial charge on any atom is -0.507 e. The van der Waals surface area contributed by atoms with E-state index in [-0.39, 0.29) is 54.6 Å². The second kappa shape index (κ2) is 12.8. The topological polar surface area (TPSA) is 165 Å². The number of hydrogen-bond donors (Lipinski definition) is 5. The van der Waals surface area contributed by atoms with Gasteiger partial charge in [-0.3, -0.25) is 14.4 Å². The van der Waals surface area contributed by atoms with Gasteiger partial charge in [0.05, 0.1) is 18.6 Å². The fourth-order valence-corrected chi connectivity index (χ4v) is 6.77. The van der Waals surface area contributed by atoms with Crippen LogP contribution in [0.15, 0.2) is 23.8 Å². The van der Waals surface area contributed by atoms with Gasteiger partial charge in [0.25, 0.3) is 0 Å². The maximum Gasteiger partial charge on any atom is 0.225 e. The number of halogens is 3. The summed E-state index contributed by atoms with van der Waals surface area (Å²) in [6.45, 7) is -0.518. The number of amides is 1. The molecule has 1 amide bonds. The number of aromatic hydroxyl groups is 1. The first-order valence-electron chi connectivity index (χ1n) is 14.5. The summed E-state index contributed by atoms with van der Waals surface area (Å²) in [6, 6.07) is 2.64. The van der Waals surface area contributed by atoms with Crippen LogP contribution in [0, 0.1) is 29.3 Å². The average molecular weight is 634 g/mol. The van der Waals surface area contributed by atoms with Gasteiger partial charge in [0.15, 0.2) is 28.8 Å². The zero-order valence-corrected chi connectivity index (χ0v) is 25.5. The van der Waals surface area contributed by atoms with Crippen LogP contribution in [0.1, 0.15) is 41.5 Å². The maximum atomic E-state index is 14.1. The number of rotatable bonds is 11. The summed E-state index contributed by atoms with van der Waals surface area (Å²) < 4.78 is 40.8. The number of carbonyl (C=O) groups is 3. The van der Waals surface area contributed by atoms with E-state index in [1.165, 1.54) is 0 Å². The lowest BCUT2D eigenvalue weighted by molar-refractivity contribution is -0.163. The van der Waals surface area contributed by atoms with Crippen LogP contribution in [-0.2, 0) is 33.6 Å². The molecule has 13 heteroatoms. The standard InChI is InChI=1S/C32H38F3N3O7/c1-37(2)22-12-16(7-5-6-15-8-20(33)28(35)21(34)9-15)29(42)27-18(22)10-17-11-19(23(14-39)38(3)4)32(45,24(40)13-25(36)41)31(44)26(17)30(27)43/h8-9,12,17,19,23,39,42-43,45H,5-7,10-11,13-14H2,1-4H3,(H2,36,41)/t17-,19-,23?,32+/m0/s1. The number of benzene rings is 2. The lowest BCUT2D eigenvalue weighted by Crippen LogP contribution is -2.64. The van der Waals surface area contributed by atoms with E-state index < -0.39 is 77.2 Å². The van der Waals surface area contributed by atoms with Gasteiger partial charge in [0.2, 0.25) is 11.7 Å². The first-order valence-corrected chi connectivity index (χ1v) is 14.5. The number of hydrogen-bond acceptors (Lipinski definition) is 9. The monoisotopic (exact) mass is 633 g/mol. The van der Waals surface area contributed by atoms with Gasteiger partial charge in [-0.05, 0) is 87.0 Å². The van der Waals surface area contributed by atoms with Crippen LogP contribution >= 0.6 is 0 Å². The molecule has 2 aliphatic rings. The molecule has 2 aliphatic carbocycles. The summed E-state index contributed by atoms with van der Waals surface area (Å²) in [5, 5.41) is 45.0. The van der Waals surface area contributed by atoms with E-state index in [0.29, 0.717) is 16.8 Å². The Bertz CT molecular complexity index is 1550. The Kier molecular flexibility index (Phi) is 9.67. The molecule has 0 heterocycles. The number of nitrogens with zero attached hydrogens (tertiary/aromatic N) is 2. The number of phenols is 1. The van der Waals surface area contributed by atoms with Crippen molar-refractivity contribution in [2.75, 3.05) is 39.7 Å². The minimum absolute atomic E-state index is 0.0187. The Morgan fingerprint density at radius 2 is 1.69 bits per heavy atom. The predicted octanol–water partition coefficient (Wildman–Crippen LogP) is 2.18. The lowest BCUT2D eigenvalue weighted by atomic mass is 9.59. The van der Waals surface area contributed by atoms with Crippen molar-refractivity contribution in [2.45, 2.75) is 50.2 Å². The first kappa shape index (κ1) is 33.9. The summed E-state index contributed by atoms with van der Waals surface area (Å²) in [5.74, 6) is -10.4. The average Bonchev–Trinajstić information content (AvgIpc) is 2.94. The number of carbonyl (C=O) groups excluding carboxylic acids is 3. The van der Waals surface area contributed by atoms with E-state index in [9.17, 15) is 48.0 Å². The molecule has 0 aliphatic heterocycles. The van der Waals surface area contributed by atoms with Gasteiger partial charge in [-0.25, -0.2) is 13.2 Å². The molecular weight excluding hydrogens is 595 g/mol. The third-order valence-corrected chi connectivity index (χ3v) is 8.99. The molecule has 0 spiro atoms. The van der Waals surface area contributed by atoms with Crippen LogP contribution in [0.25, 0.3) is 5.76 Å². The van der Waals surface area contributed by atoms with E-state index in [0.717, 1.165) is 12.1 Å². The number of anilines is 1. The minimum atomic E-state index is -2.79. The molecule has 1 fully saturated rings. The molecule has 2 aromatic rings. The normalized spacial score (nSPS) is 21.9. The van der Waals surface area contributed by atoms with Gasteiger partial charge >= 0.3 is 0 Å². The Morgan fingerprint density at radius 1 is 1.07 bits per heavy atom. The number of Topliss-reactive ketones (excluding diaryl/α,β-unsaturated/α-hetero) is 2.